The quantitative estimate of drug-likeness (QED) is 0.196. The molecule has 1 saturated heterocycles. The number of carbonyl (C=O) groups excluding carboxylic acids is 4. The number of esters is 1. The van der Waals surface area contributed by atoms with Crippen LogP contribution in [-0.2, 0) is 20.9 Å². The van der Waals surface area contributed by atoms with Crippen molar-refractivity contribution in [2.75, 3.05) is 12.0 Å². The van der Waals surface area contributed by atoms with Gasteiger partial charge in [0.2, 0.25) is 0 Å². The van der Waals surface area contributed by atoms with Crippen LogP contribution < -0.4 is 15.0 Å². The van der Waals surface area contributed by atoms with E-state index in [9.17, 15) is 19.2 Å². The molecule has 4 aromatic carbocycles. The molecule has 0 aliphatic carbocycles. The number of barbiturate groups is 1. The second kappa shape index (κ2) is 10.8. The second-order valence-electron chi connectivity index (χ2n) is 8.61. The van der Waals surface area contributed by atoms with Crippen LogP contribution in [0.15, 0.2) is 90.5 Å². The second-order valence-corrected chi connectivity index (χ2v) is 9.02. The van der Waals surface area contributed by atoms with Gasteiger partial charge in [0.1, 0.15) is 17.9 Å². The Labute approximate surface area is 228 Å². The van der Waals surface area contributed by atoms with Crippen LogP contribution in [0.4, 0.5) is 10.5 Å². The number of amides is 4. The minimum absolute atomic E-state index is 0.179. The van der Waals surface area contributed by atoms with E-state index in [1.54, 1.807) is 18.2 Å². The summed E-state index contributed by atoms with van der Waals surface area (Å²) in [5, 5.41) is 4.64. The number of rotatable bonds is 6. The van der Waals surface area contributed by atoms with Gasteiger partial charge >= 0.3 is 12.0 Å². The van der Waals surface area contributed by atoms with Crippen molar-refractivity contribution < 1.29 is 28.7 Å². The molecular weight excluding hydrogens is 520 g/mol. The van der Waals surface area contributed by atoms with Gasteiger partial charge in [-0.05, 0) is 64.4 Å². The highest BCUT2D eigenvalue weighted by molar-refractivity contribution is 6.39. The van der Waals surface area contributed by atoms with E-state index < -0.39 is 23.8 Å². The molecule has 0 aromatic heterocycles. The standard InChI is InChI=1S/C30H21ClN2O6/c1-38-29(36)20-10-12-22(13-11-20)33-28(35)24(27(34)32-30(33)37)15-18-9-14-26(25(31)16-18)39-17-21-7-4-6-19-5-2-3-8-23(19)21/h2-16H,17H2,1H3,(H,32,34,37)/b24-15+. The number of anilines is 1. The maximum absolute atomic E-state index is 13.2. The third-order valence-corrected chi connectivity index (χ3v) is 6.47. The molecule has 0 atom stereocenters. The lowest BCUT2D eigenvalue weighted by molar-refractivity contribution is -0.122. The fourth-order valence-electron chi connectivity index (χ4n) is 4.22. The van der Waals surface area contributed by atoms with Crippen molar-refractivity contribution in [1.82, 2.24) is 5.32 Å². The zero-order valence-electron chi connectivity index (χ0n) is 20.6. The Morgan fingerprint density at radius 3 is 2.44 bits per heavy atom. The number of halogens is 1. The molecule has 0 spiro atoms. The van der Waals surface area contributed by atoms with Gasteiger partial charge in [0.25, 0.3) is 11.8 Å². The third-order valence-electron chi connectivity index (χ3n) is 6.18. The number of ether oxygens (including phenoxy) is 2. The number of nitrogens with one attached hydrogen (secondary N) is 1. The van der Waals surface area contributed by atoms with Crippen molar-refractivity contribution in [3.63, 3.8) is 0 Å². The van der Waals surface area contributed by atoms with Gasteiger partial charge in [-0.2, -0.15) is 0 Å². The minimum atomic E-state index is -0.900. The summed E-state index contributed by atoms with van der Waals surface area (Å²) in [6.07, 6.45) is 1.35. The monoisotopic (exact) mass is 540 g/mol. The average molecular weight is 541 g/mol. The summed E-state index contributed by atoms with van der Waals surface area (Å²) in [4.78, 5) is 50.7. The fourth-order valence-corrected chi connectivity index (χ4v) is 4.46. The van der Waals surface area contributed by atoms with Gasteiger partial charge in [0.15, 0.2) is 0 Å². The Kier molecular flexibility index (Phi) is 7.12. The number of fused-ring (bicyclic) bond motifs is 1. The number of imide groups is 2. The highest BCUT2D eigenvalue weighted by atomic mass is 35.5. The van der Waals surface area contributed by atoms with Gasteiger partial charge in [-0.1, -0.05) is 60.1 Å². The Morgan fingerprint density at radius 2 is 1.69 bits per heavy atom. The highest BCUT2D eigenvalue weighted by Gasteiger charge is 2.36. The molecule has 5 rings (SSSR count). The van der Waals surface area contributed by atoms with Crippen molar-refractivity contribution >= 4 is 58.0 Å². The summed E-state index contributed by atoms with van der Waals surface area (Å²) in [5.74, 6) is -1.77. The summed E-state index contributed by atoms with van der Waals surface area (Å²) >= 11 is 6.46. The lowest BCUT2D eigenvalue weighted by Crippen LogP contribution is -2.54. The predicted molar refractivity (Wildman–Crippen MR) is 147 cm³/mol. The van der Waals surface area contributed by atoms with Gasteiger partial charge in [0.05, 0.1) is 23.4 Å². The smallest absolute Gasteiger partial charge is 0.337 e. The molecule has 1 aliphatic rings. The van der Waals surface area contributed by atoms with Crippen molar-refractivity contribution in [1.29, 1.82) is 0 Å². The summed E-state index contributed by atoms with van der Waals surface area (Å²) in [7, 11) is 1.25. The van der Waals surface area contributed by atoms with Crippen molar-refractivity contribution in [3.05, 3.63) is 112 Å². The van der Waals surface area contributed by atoms with Crippen LogP contribution in [0.25, 0.3) is 16.8 Å². The largest absolute Gasteiger partial charge is 0.487 e. The van der Waals surface area contributed by atoms with E-state index in [-0.39, 0.29) is 16.8 Å². The molecule has 9 heteroatoms. The molecule has 4 aromatic rings. The van der Waals surface area contributed by atoms with Crippen LogP contribution >= 0.6 is 11.6 Å². The van der Waals surface area contributed by atoms with Crippen LogP contribution in [0, 0.1) is 0 Å². The number of urea groups is 1. The summed E-state index contributed by atoms with van der Waals surface area (Å²) in [6.45, 7) is 0.300. The first-order valence-corrected chi connectivity index (χ1v) is 12.2. The molecule has 1 fully saturated rings. The zero-order chi connectivity index (χ0) is 27.5. The highest BCUT2D eigenvalue weighted by Crippen LogP contribution is 2.29. The number of benzene rings is 4. The molecular formula is C30H21ClN2O6. The maximum atomic E-state index is 13.2. The maximum Gasteiger partial charge on any atom is 0.337 e. The van der Waals surface area contributed by atoms with Crippen molar-refractivity contribution in [2.24, 2.45) is 0 Å². The predicted octanol–water partition coefficient (Wildman–Crippen LogP) is 5.53. The van der Waals surface area contributed by atoms with Gasteiger partial charge < -0.3 is 9.47 Å². The molecule has 1 heterocycles. The third kappa shape index (κ3) is 5.23. The first kappa shape index (κ1) is 25.7. The fraction of sp³-hybridized carbons (Fsp3) is 0.0667. The molecule has 0 bridgehead atoms. The van der Waals surface area contributed by atoms with Crippen LogP contribution in [0.2, 0.25) is 5.02 Å². The minimum Gasteiger partial charge on any atom is -0.487 e. The van der Waals surface area contributed by atoms with E-state index in [2.05, 4.69) is 10.1 Å². The SMILES string of the molecule is COC(=O)c1ccc(N2C(=O)NC(=O)/C(=C\c3ccc(OCc4cccc5ccccc45)c(Cl)c3)C2=O)cc1. The zero-order valence-corrected chi connectivity index (χ0v) is 21.4. The van der Waals surface area contributed by atoms with E-state index in [0.29, 0.717) is 22.9 Å². The lowest BCUT2D eigenvalue weighted by Gasteiger charge is -2.26. The number of hydrogen-bond acceptors (Lipinski definition) is 6. The summed E-state index contributed by atoms with van der Waals surface area (Å²) in [6, 6.07) is 23.6. The van der Waals surface area contributed by atoms with Gasteiger partial charge in [0, 0.05) is 0 Å². The Bertz CT molecular complexity index is 1660. The van der Waals surface area contributed by atoms with E-state index in [4.69, 9.17) is 16.3 Å². The van der Waals surface area contributed by atoms with Gasteiger partial charge in [-0.3, -0.25) is 14.9 Å². The van der Waals surface area contributed by atoms with E-state index >= 15 is 0 Å². The lowest BCUT2D eigenvalue weighted by atomic mass is 10.1. The van der Waals surface area contributed by atoms with Gasteiger partial charge in [-0.25, -0.2) is 14.5 Å². The van der Waals surface area contributed by atoms with Crippen LogP contribution in [0.1, 0.15) is 21.5 Å². The van der Waals surface area contributed by atoms with Crippen molar-refractivity contribution in [2.45, 2.75) is 6.61 Å². The van der Waals surface area contributed by atoms with Crippen molar-refractivity contribution in [3.8, 4) is 5.75 Å². The number of methoxy groups -OCH3 is 1. The van der Waals surface area contributed by atoms with Crippen LogP contribution in [0.3, 0.4) is 0 Å². The van der Waals surface area contributed by atoms with Crippen LogP contribution in [0.5, 0.6) is 5.75 Å². The van der Waals surface area contributed by atoms with Crippen LogP contribution in [-0.4, -0.2) is 30.9 Å². The molecule has 0 radical (unpaired) electrons. The Hall–Kier alpha value is -4.95. The average Bonchev–Trinajstić information content (AvgIpc) is 2.94. The topological polar surface area (TPSA) is 102 Å². The molecule has 0 unspecified atom stereocenters. The Morgan fingerprint density at radius 1 is 0.949 bits per heavy atom. The summed E-state index contributed by atoms with van der Waals surface area (Å²) < 4.78 is 10.6. The first-order valence-electron chi connectivity index (χ1n) is 11.8. The van der Waals surface area contributed by atoms with E-state index in [0.717, 1.165) is 21.2 Å². The number of hydrogen-bond donors (Lipinski definition) is 1. The molecule has 194 valence electrons. The van der Waals surface area contributed by atoms with E-state index in [1.807, 2.05) is 42.5 Å². The number of nitrogens with zero attached hydrogens (tertiary/aromatic N) is 1. The number of carbonyl (C=O) groups is 4. The molecule has 4 amide bonds. The molecule has 1 aliphatic heterocycles. The summed E-state index contributed by atoms with van der Waals surface area (Å²) in [5.41, 5.74) is 1.64. The van der Waals surface area contributed by atoms with E-state index in [1.165, 1.54) is 37.5 Å². The first-order chi connectivity index (χ1) is 18.9. The normalized spacial score (nSPS) is 14.5. The molecule has 39 heavy (non-hydrogen) atoms. The Balaban J connectivity index is 1.36. The van der Waals surface area contributed by atoms with Gasteiger partial charge in [-0.15, -0.1) is 0 Å². The molecule has 0 saturated carbocycles. The molecule has 1 N–H and O–H groups in total. The molecule has 8 nitrogen and oxygen atoms in total.